The normalized spacial score (nSPS) is 13.0. The molecular formula is C19H31N5O3. The van der Waals surface area contributed by atoms with Crippen LogP contribution in [-0.4, -0.2) is 51.1 Å². The van der Waals surface area contributed by atoms with Crippen LogP contribution in [0.1, 0.15) is 36.7 Å². The third kappa shape index (κ3) is 8.08. The highest BCUT2D eigenvalue weighted by molar-refractivity contribution is 5.96. The van der Waals surface area contributed by atoms with E-state index in [2.05, 4.69) is 41.7 Å². The van der Waals surface area contributed by atoms with E-state index < -0.39 is 5.91 Å². The van der Waals surface area contributed by atoms with Crippen LogP contribution in [0.4, 0.5) is 0 Å². The summed E-state index contributed by atoms with van der Waals surface area (Å²) >= 11 is 0. The topological polar surface area (TPSA) is 118 Å². The van der Waals surface area contributed by atoms with Gasteiger partial charge in [0.15, 0.2) is 5.96 Å². The number of amides is 2. The average molecular weight is 377 g/mol. The van der Waals surface area contributed by atoms with Gasteiger partial charge in [-0.2, -0.15) is 0 Å². The van der Waals surface area contributed by atoms with Crippen molar-refractivity contribution in [1.82, 2.24) is 16.0 Å². The maximum absolute atomic E-state index is 11.9. The van der Waals surface area contributed by atoms with E-state index in [0.29, 0.717) is 24.6 Å². The Morgan fingerprint density at radius 3 is 2.26 bits per heavy atom. The summed E-state index contributed by atoms with van der Waals surface area (Å²) in [5, 5.41) is 8.94. The summed E-state index contributed by atoms with van der Waals surface area (Å²) in [6, 6.07) is 7.08. The Morgan fingerprint density at radius 1 is 1.15 bits per heavy atom. The second-order valence-corrected chi connectivity index (χ2v) is 7.24. The van der Waals surface area contributed by atoms with Gasteiger partial charge in [-0.15, -0.1) is 0 Å². The van der Waals surface area contributed by atoms with Gasteiger partial charge in [0.1, 0.15) is 0 Å². The zero-order chi connectivity index (χ0) is 20.4. The van der Waals surface area contributed by atoms with Crippen LogP contribution < -0.4 is 21.7 Å². The van der Waals surface area contributed by atoms with Crippen molar-refractivity contribution in [3.8, 4) is 0 Å². The van der Waals surface area contributed by atoms with E-state index in [-0.39, 0.29) is 24.0 Å². The summed E-state index contributed by atoms with van der Waals surface area (Å²) in [4.78, 5) is 26.8. The number of rotatable bonds is 8. The number of nitrogens with one attached hydrogen (secondary N) is 3. The van der Waals surface area contributed by atoms with Gasteiger partial charge < -0.3 is 26.4 Å². The minimum absolute atomic E-state index is 0.0194. The molecule has 27 heavy (non-hydrogen) atoms. The van der Waals surface area contributed by atoms with Gasteiger partial charge in [0.05, 0.1) is 12.6 Å². The minimum atomic E-state index is -0.578. The number of hydrogen-bond acceptors (Lipinski definition) is 4. The fraction of sp³-hybridized carbons (Fsp3) is 0.526. The highest BCUT2D eigenvalue weighted by atomic mass is 16.5. The molecule has 1 unspecified atom stereocenters. The van der Waals surface area contributed by atoms with Gasteiger partial charge in [-0.3, -0.25) is 14.6 Å². The molecule has 1 aromatic rings. The predicted molar refractivity (Wildman–Crippen MR) is 106 cm³/mol. The first-order valence-electron chi connectivity index (χ1n) is 8.80. The molecule has 0 radical (unpaired) electrons. The molecular weight excluding hydrogens is 346 g/mol. The molecule has 0 aliphatic heterocycles. The molecule has 0 aromatic heterocycles. The zero-order valence-corrected chi connectivity index (χ0v) is 16.8. The van der Waals surface area contributed by atoms with E-state index in [9.17, 15) is 9.59 Å². The Hall–Kier alpha value is -2.61. The van der Waals surface area contributed by atoms with E-state index in [0.717, 1.165) is 5.56 Å². The van der Waals surface area contributed by atoms with Gasteiger partial charge in [-0.05, 0) is 23.1 Å². The van der Waals surface area contributed by atoms with Crippen molar-refractivity contribution >= 4 is 17.8 Å². The molecule has 0 saturated heterocycles. The number of carbonyl (C=O) groups excluding carboxylic acids is 2. The fourth-order valence-corrected chi connectivity index (χ4v) is 2.38. The number of nitrogens with two attached hydrogens (primary N) is 1. The highest BCUT2D eigenvalue weighted by Gasteiger charge is 2.24. The van der Waals surface area contributed by atoms with E-state index in [1.807, 2.05) is 12.1 Å². The van der Waals surface area contributed by atoms with Crippen LogP contribution in [-0.2, 0) is 16.1 Å². The molecule has 1 rings (SSSR count). The molecule has 0 spiro atoms. The first kappa shape index (κ1) is 22.4. The Morgan fingerprint density at radius 2 is 1.78 bits per heavy atom. The van der Waals surface area contributed by atoms with Gasteiger partial charge in [0, 0.05) is 32.8 Å². The molecule has 0 heterocycles. The summed E-state index contributed by atoms with van der Waals surface area (Å²) in [6.45, 7) is 7.39. The number of ether oxygens (including phenoxy) is 1. The predicted octanol–water partition coefficient (Wildman–Crippen LogP) is 0.628. The summed E-state index contributed by atoms with van der Waals surface area (Å²) < 4.78 is 5.53. The van der Waals surface area contributed by atoms with Crippen molar-refractivity contribution in [2.75, 3.05) is 27.2 Å². The largest absolute Gasteiger partial charge is 0.379 e. The third-order valence-electron chi connectivity index (χ3n) is 4.03. The molecule has 2 amide bonds. The summed E-state index contributed by atoms with van der Waals surface area (Å²) in [5.74, 6) is -0.242. The molecule has 1 aromatic carbocycles. The highest BCUT2D eigenvalue weighted by Crippen LogP contribution is 2.20. The Labute approximate surface area is 160 Å². The van der Waals surface area contributed by atoms with Crippen LogP contribution in [0.25, 0.3) is 0 Å². The lowest BCUT2D eigenvalue weighted by atomic mass is 9.89. The van der Waals surface area contributed by atoms with Crippen LogP contribution in [0, 0.1) is 5.41 Å². The molecule has 5 N–H and O–H groups in total. The number of nitrogens with zero attached hydrogens (tertiary/aromatic N) is 1. The zero-order valence-electron chi connectivity index (χ0n) is 16.8. The molecule has 0 saturated carbocycles. The van der Waals surface area contributed by atoms with E-state index >= 15 is 0 Å². The minimum Gasteiger partial charge on any atom is -0.379 e. The van der Waals surface area contributed by atoms with E-state index in [4.69, 9.17) is 10.5 Å². The number of guanidine groups is 1. The summed E-state index contributed by atoms with van der Waals surface area (Å²) in [7, 11) is 3.41. The lowest BCUT2D eigenvalue weighted by Crippen LogP contribution is -2.45. The smallest absolute Gasteiger partial charge is 0.251 e. The van der Waals surface area contributed by atoms with Gasteiger partial charge in [-0.1, -0.05) is 32.9 Å². The Kier molecular flexibility index (Phi) is 8.74. The van der Waals surface area contributed by atoms with Gasteiger partial charge in [-0.25, -0.2) is 0 Å². The molecule has 8 heteroatoms. The van der Waals surface area contributed by atoms with E-state index in [1.165, 1.54) is 0 Å². The van der Waals surface area contributed by atoms with Crippen molar-refractivity contribution in [3.63, 3.8) is 0 Å². The van der Waals surface area contributed by atoms with Crippen LogP contribution in [0.3, 0.4) is 0 Å². The lowest BCUT2D eigenvalue weighted by Gasteiger charge is -2.30. The van der Waals surface area contributed by atoms with Gasteiger partial charge in [0.25, 0.3) is 5.91 Å². The molecule has 8 nitrogen and oxygen atoms in total. The number of carbonyl (C=O) groups is 2. The second kappa shape index (κ2) is 10.5. The lowest BCUT2D eigenvalue weighted by molar-refractivity contribution is -0.117. The molecule has 0 bridgehead atoms. The fourth-order valence-electron chi connectivity index (χ4n) is 2.38. The van der Waals surface area contributed by atoms with Crippen molar-refractivity contribution in [2.45, 2.75) is 33.4 Å². The second-order valence-electron chi connectivity index (χ2n) is 7.24. The Balaban J connectivity index is 2.53. The van der Waals surface area contributed by atoms with Crippen molar-refractivity contribution in [1.29, 1.82) is 0 Å². The van der Waals surface area contributed by atoms with Crippen LogP contribution in [0.5, 0.6) is 0 Å². The van der Waals surface area contributed by atoms with Gasteiger partial charge >= 0.3 is 0 Å². The maximum Gasteiger partial charge on any atom is 0.251 e. The summed E-state index contributed by atoms with van der Waals surface area (Å²) in [5.41, 5.74) is 6.49. The maximum atomic E-state index is 11.9. The Bertz CT molecular complexity index is 650. The number of benzene rings is 1. The van der Waals surface area contributed by atoms with E-state index in [1.54, 1.807) is 26.3 Å². The van der Waals surface area contributed by atoms with Crippen LogP contribution in [0.15, 0.2) is 29.3 Å². The molecule has 0 fully saturated rings. The number of aliphatic imine (C=N–C) groups is 1. The quantitative estimate of drug-likeness (QED) is 0.391. The monoisotopic (exact) mass is 377 g/mol. The van der Waals surface area contributed by atoms with Crippen molar-refractivity contribution in [3.05, 3.63) is 35.4 Å². The molecule has 0 aliphatic rings. The van der Waals surface area contributed by atoms with Crippen LogP contribution in [0.2, 0.25) is 0 Å². The van der Waals surface area contributed by atoms with Crippen molar-refractivity contribution < 1.29 is 14.3 Å². The third-order valence-corrected chi connectivity index (χ3v) is 4.03. The SMILES string of the molecule is CN=C(NCc1ccc(C(=O)NCC(N)=O)cc1)NCC(OC)C(C)(C)C. The molecule has 150 valence electrons. The average Bonchev–Trinajstić information content (AvgIpc) is 2.62. The first-order chi connectivity index (χ1) is 12.7. The first-order valence-corrected chi connectivity index (χ1v) is 8.80. The molecule has 1 atom stereocenters. The molecule has 0 aliphatic carbocycles. The van der Waals surface area contributed by atoms with Crippen molar-refractivity contribution in [2.24, 2.45) is 16.1 Å². The standard InChI is InChI=1S/C19H31N5O3/c1-19(2,3)15(27-5)11-24-18(21-4)23-10-13-6-8-14(9-7-13)17(26)22-12-16(20)25/h6-9,15H,10-12H2,1-5H3,(H2,20,25)(H,22,26)(H2,21,23,24). The number of hydrogen-bond donors (Lipinski definition) is 4. The summed E-state index contributed by atoms with van der Waals surface area (Å²) in [6.07, 6.45) is 0.0502. The number of primary amides is 1. The van der Waals surface area contributed by atoms with Crippen LogP contribution >= 0.6 is 0 Å². The number of methoxy groups -OCH3 is 1. The van der Waals surface area contributed by atoms with Gasteiger partial charge in [0.2, 0.25) is 5.91 Å².